The molecule has 0 amide bonds. The SMILES string of the molecule is Cc1cc(C)n(-c2ccc(N3CCN(c4cc(C(F)(F)F)ccn4)CC3)nn2)n1. The van der Waals surface area contributed by atoms with Crippen molar-refractivity contribution in [1.82, 2.24) is 25.0 Å². The number of hydrogen-bond donors (Lipinski definition) is 0. The predicted octanol–water partition coefficient (Wildman–Crippen LogP) is 3.02. The molecule has 0 N–H and O–H groups in total. The third-order valence-corrected chi connectivity index (χ3v) is 4.86. The highest BCUT2D eigenvalue weighted by Crippen LogP contribution is 2.31. The molecule has 4 heterocycles. The number of halogens is 3. The fraction of sp³-hybridized carbons (Fsp3) is 0.368. The quantitative estimate of drug-likeness (QED) is 0.670. The highest BCUT2D eigenvalue weighted by molar-refractivity contribution is 5.46. The molecule has 0 saturated carbocycles. The largest absolute Gasteiger partial charge is 0.416 e. The Labute approximate surface area is 165 Å². The lowest BCUT2D eigenvalue weighted by Gasteiger charge is -2.36. The van der Waals surface area contributed by atoms with Crippen LogP contribution in [0.1, 0.15) is 17.0 Å². The molecule has 7 nitrogen and oxygen atoms in total. The molecular weight excluding hydrogens is 383 g/mol. The Morgan fingerprint density at radius 2 is 1.45 bits per heavy atom. The average Bonchev–Trinajstić information content (AvgIpc) is 3.06. The highest BCUT2D eigenvalue weighted by Gasteiger charge is 2.31. The summed E-state index contributed by atoms with van der Waals surface area (Å²) in [6, 6.07) is 7.80. The van der Waals surface area contributed by atoms with Gasteiger partial charge in [0.05, 0.1) is 11.3 Å². The summed E-state index contributed by atoms with van der Waals surface area (Å²) in [5.41, 5.74) is 1.20. The van der Waals surface area contributed by atoms with Crippen LogP contribution in [0.2, 0.25) is 0 Å². The van der Waals surface area contributed by atoms with Crippen molar-refractivity contribution >= 4 is 11.6 Å². The number of nitrogens with zero attached hydrogens (tertiary/aromatic N) is 7. The Morgan fingerprint density at radius 3 is 2.00 bits per heavy atom. The van der Waals surface area contributed by atoms with E-state index in [4.69, 9.17) is 0 Å². The second-order valence-corrected chi connectivity index (χ2v) is 6.96. The minimum atomic E-state index is -4.37. The molecule has 1 saturated heterocycles. The summed E-state index contributed by atoms with van der Waals surface area (Å²) in [7, 11) is 0. The van der Waals surface area contributed by atoms with Crippen molar-refractivity contribution < 1.29 is 13.2 Å². The van der Waals surface area contributed by atoms with Crippen molar-refractivity contribution in [3.8, 4) is 5.82 Å². The molecule has 1 fully saturated rings. The molecule has 29 heavy (non-hydrogen) atoms. The highest BCUT2D eigenvalue weighted by atomic mass is 19.4. The third-order valence-electron chi connectivity index (χ3n) is 4.86. The molecule has 0 bridgehead atoms. The van der Waals surface area contributed by atoms with Crippen molar-refractivity contribution in [2.45, 2.75) is 20.0 Å². The number of anilines is 2. The van der Waals surface area contributed by atoms with Crippen LogP contribution in [0.15, 0.2) is 36.5 Å². The molecule has 152 valence electrons. The lowest BCUT2D eigenvalue weighted by atomic mass is 10.2. The summed E-state index contributed by atoms with van der Waals surface area (Å²) in [4.78, 5) is 8.01. The van der Waals surface area contributed by atoms with Crippen LogP contribution in [0, 0.1) is 13.8 Å². The normalized spacial score (nSPS) is 15.1. The molecule has 0 unspecified atom stereocenters. The second-order valence-electron chi connectivity index (χ2n) is 6.96. The molecule has 1 aliphatic rings. The van der Waals surface area contributed by atoms with Crippen LogP contribution < -0.4 is 9.80 Å². The fourth-order valence-corrected chi connectivity index (χ4v) is 3.39. The van der Waals surface area contributed by atoms with Gasteiger partial charge in [-0.2, -0.15) is 18.3 Å². The van der Waals surface area contributed by atoms with E-state index in [9.17, 15) is 13.2 Å². The van der Waals surface area contributed by atoms with Crippen LogP contribution in [0.25, 0.3) is 5.82 Å². The molecular formula is C19H20F3N7. The van der Waals surface area contributed by atoms with Gasteiger partial charge in [0.25, 0.3) is 0 Å². The zero-order valence-electron chi connectivity index (χ0n) is 16.1. The van der Waals surface area contributed by atoms with Gasteiger partial charge < -0.3 is 9.80 Å². The van der Waals surface area contributed by atoms with Crippen molar-refractivity contribution in [2.24, 2.45) is 0 Å². The molecule has 3 aromatic rings. The summed E-state index contributed by atoms with van der Waals surface area (Å²) in [6.45, 7) is 6.21. The van der Waals surface area contributed by atoms with Crippen LogP contribution in [-0.2, 0) is 6.18 Å². The number of hydrogen-bond acceptors (Lipinski definition) is 6. The Kier molecular flexibility index (Phi) is 4.85. The van der Waals surface area contributed by atoms with Crippen molar-refractivity contribution in [3.05, 3.63) is 53.5 Å². The van der Waals surface area contributed by atoms with Gasteiger partial charge in [0, 0.05) is 38.1 Å². The lowest BCUT2D eigenvalue weighted by Crippen LogP contribution is -2.47. The molecule has 3 aromatic heterocycles. The lowest BCUT2D eigenvalue weighted by molar-refractivity contribution is -0.137. The van der Waals surface area contributed by atoms with Gasteiger partial charge in [-0.3, -0.25) is 0 Å². The van der Waals surface area contributed by atoms with E-state index in [1.807, 2.05) is 36.9 Å². The molecule has 1 aliphatic heterocycles. The monoisotopic (exact) mass is 403 g/mol. The zero-order chi connectivity index (χ0) is 20.6. The van der Waals surface area contributed by atoms with Gasteiger partial charge in [0.1, 0.15) is 5.82 Å². The molecule has 0 spiro atoms. The first-order valence-electron chi connectivity index (χ1n) is 9.22. The van der Waals surface area contributed by atoms with Crippen molar-refractivity contribution in [1.29, 1.82) is 0 Å². The molecule has 10 heteroatoms. The van der Waals surface area contributed by atoms with Gasteiger partial charge in [-0.15, -0.1) is 10.2 Å². The standard InChI is InChI=1S/C19H20F3N7/c1-13-11-14(2)29(26-13)17-4-3-16(24-25-17)27-7-9-28(10-8-27)18-12-15(5-6-23-18)19(20,21)22/h3-6,11-12H,7-10H2,1-2H3. The number of pyridine rings is 1. The number of rotatable bonds is 3. The average molecular weight is 403 g/mol. The minimum Gasteiger partial charge on any atom is -0.353 e. The van der Waals surface area contributed by atoms with Gasteiger partial charge in [0.2, 0.25) is 0 Å². The summed E-state index contributed by atoms with van der Waals surface area (Å²) in [6.07, 6.45) is -3.17. The number of aryl methyl sites for hydroxylation is 2. The maximum absolute atomic E-state index is 12.9. The van der Waals surface area contributed by atoms with Gasteiger partial charge >= 0.3 is 6.18 Å². The Balaban J connectivity index is 1.43. The Morgan fingerprint density at radius 1 is 0.828 bits per heavy atom. The van der Waals surface area contributed by atoms with Crippen LogP contribution in [0.3, 0.4) is 0 Å². The first-order valence-corrected chi connectivity index (χ1v) is 9.22. The number of piperazine rings is 1. The van der Waals surface area contributed by atoms with Crippen molar-refractivity contribution in [2.75, 3.05) is 36.0 Å². The van der Waals surface area contributed by atoms with E-state index < -0.39 is 11.7 Å². The van der Waals surface area contributed by atoms with Crippen LogP contribution >= 0.6 is 0 Å². The van der Waals surface area contributed by atoms with Crippen LogP contribution in [0.4, 0.5) is 24.8 Å². The summed E-state index contributed by atoms with van der Waals surface area (Å²) in [5, 5.41) is 13.0. The van der Waals surface area contributed by atoms with Crippen molar-refractivity contribution in [3.63, 3.8) is 0 Å². The number of aromatic nitrogens is 5. The molecule has 0 aliphatic carbocycles. The Bertz CT molecular complexity index is 990. The van der Waals surface area contributed by atoms with E-state index in [-0.39, 0.29) is 0 Å². The topological polar surface area (TPSA) is 63.0 Å². The smallest absolute Gasteiger partial charge is 0.353 e. The van der Waals surface area contributed by atoms with Gasteiger partial charge in [0.15, 0.2) is 11.6 Å². The van der Waals surface area contributed by atoms with E-state index in [1.54, 1.807) is 4.68 Å². The molecule has 0 radical (unpaired) electrons. The van der Waals surface area contributed by atoms with E-state index in [0.29, 0.717) is 37.8 Å². The molecule has 0 atom stereocenters. The predicted molar refractivity (Wildman–Crippen MR) is 102 cm³/mol. The second kappa shape index (κ2) is 7.34. The van der Waals surface area contributed by atoms with Gasteiger partial charge in [-0.1, -0.05) is 0 Å². The summed E-state index contributed by atoms with van der Waals surface area (Å²) < 4.78 is 40.5. The maximum atomic E-state index is 12.9. The zero-order valence-corrected chi connectivity index (χ0v) is 16.1. The summed E-state index contributed by atoms with van der Waals surface area (Å²) in [5.74, 6) is 1.71. The third kappa shape index (κ3) is 4.01. The van der Waals surface area contributed by atoms with Gasteiger partial charge in [-0.25, -0.2) is 9.67 Å². The first-order chi connectivity index (χ1) is 13.8. The van der Waals surface area contributed by atoms with E-state index >= 15 is 0 Å². The minimum absolute atomic E-state index is 0.338. The first kappa shape index (κ1) is 19.2. The van der Waals surface area contributed by atoms with E-state index in [2.05, 4.69) is 25.2 Å². The Hall–Kier alpha value is -3.17. The molecule has 4 rings (SSSR count). The number of alkyl halides is 3. The van der Waals surface area contributed by atoms with E-state index in [1.165, 1.54) is 6.20 Å². The fourth-order valence-electron chi connectivity index (χ4n) is 3.39. The van der Waals surface area contributed by atoms with E-state index in [0.717, 1.165) is 29.3 Å². The van der Waals surface area contributed by atoms with Gasteiger partial charge in [-0.05, 0) is 44.2 Å². The maximum Gasteiger partial charge on any atom is 0.416 e. The molecule has 0 aromatic carbocycles. The summed E-state index contributed by atoms with van der Waals surface area (Å²) >= 11 is 0. The van der Waals surface area contributed by atoms with Crippen LogP contribution in [0.5, 0.6) is 0 Å². The van der Waals surface area contributed by atoms with Crippen LogP contribution in [-0.4, -0.2) is 51.1 Å².